The fourth-order valence-corrected chi connectivity index (χ4v) is 3.96. The molecule has 8 heteroatoms. The van der Waals surface area contributed by atoms with Crippen molar-refractivity contribution < 1.29 is 4.79 Å². The van der Waals surface area contributed by atoms with Crippen LogP contribution in [0.3, 0.4) is 0 Å². The largest absolute Gasteiger partial charge is 0.325 e. The van der Waals surface area contributed by atoms with Gasteiger partial charge in [0.2, 0.25) is 0 Å². The number of hydrogen-bond donors (Lipinski definition) is 2. The molecule has 3 aromatic rings. The number of benzene rings is 1. The lowest BCUT2D eigenvalue weighted by molar-refractivity contribution is 0.102. The normalized spacial score (nSPS) is 11.0. The first-order valence-electron chi connectivity index (χ1n) is 6.10. The zero-order valence-corrected chi connectivity index (χ0v) is 13.6. The van der Waals surface area contributed by atoms with Gasteiger partial charge in [0, 0.05) is 17.6 Å². The molecule has 0 fully saturated rings. The van der Waals surface area contributed by atoms with Crippen molar-refractivity contribution in [2.45, 2.75) is 10.9 Å². The van der Waals surface area contributed by atoms with Crippen LogP contribution in [-0.4, -0.2) is 22.1 Å². The predicted molar refractivity (Wildman–Crippen MR) is 89.4 cm³/mol. The van der Waals surface area contributed by atoms with E-state index in [1.165, 1.54) is 11.3 Å². The predicted octanol–water partition coefficient (Wildman–Crippen LogP) is 3.19. The molecule has 1 aromatic carbocycles. The van der Waals surface area contributed by atoms with E-state index in [-0.39, 0.29) is 5.91 Å². The lowest BCUT2D eigenvalue weighted by Crippen LogP contribution is -2.12. The molecule has 21 heavy (non-hydrogen) atoms. The Bertz CT molecular complexity index is 796. The van der Waals surface area contributed by atoms with Crippen molar-refractivity contribution >= 4 is 56.2 Å². The summed E-state index contributed by atoms with van der Waals surface area (Å²) in [5.74, 6) is -0.222. The van der Waals surface area contributed by atoms with Crippen molar-refractivity contribution in [3.63, 3.8) is 0 Å². The molecule has 2 heterocycles. The Balaban J connectivity index is 1.81. The maximum absolute atomic E-state index is 12.1. The highest BCUT2D eigenvalue weighted by molar-refractivity contribution is 8.00. The summed E-state index contributed by atoms with van der Waals surface area (Å²) in [6.45, 7) is 0.349. The number of carbonyl (C=O) groups excluding carboxylic acids is 1. The number of nitrogens with one attached hydrogen (secondary N) is 1. The summed E-state index contributed by atoms with van der Waals surface area (Å²) < 4.78 is 2.07. The van der Waals surface area contributed by atoms with Gasteiger partial charge in [0.15, 0.2) is 4.34 Å². The molecule has 0 spiro atoms. The third-order valence-electron chi connectivity index (χ3n) is 2.76. The van der Waals surface area contributed by atoms with Gasteiger partial charge >= 0.3 is 0 Å². The van der Waals surface area contributed by atoms with Gasteiger partial charge in [-0.3, -0.25) is 4.79 Å². The summed E-state index contributed by atoms with van der Waals surface area (Å²) in [7, 11) is 0. The minimum atomic E-state index is -0.222. The first kappa shape index (κ1) is 14.5. The highest BCUT2D eigenvalue weighted by atomic mass is 32.2. The Morgan fingerprint density at radius 1 is 1.43 bits per heavy atom. The van der Waals surface area contributed by atoms with E-state index < -0.39 is 0 Å². The average Bonchev–Trinajstić information content (AvgIpc) is 3.12. The third-order valence-corrected chi connectivity index (χ3v) is 5.63. The number of rotatable bonds is 4. The molecule has 2 aromatic heterocycles. The molecule has 108 valence electrons. The van der Waals surface area contributed by atoms with E-state index >= 15 is 0 Å². The van der Waals surface area contributed by atoms with Gasteiger partial charge in [0.1, 0.15) is 10.7 Å². The van der Waals surface area contributed by atoms with E-state index in [9.17, 15) is 4.79 Å². The highest BCUT2D eigenvalue weighted by Crippen LogP contribution is 2.30. The smallest absolute Gasteiger partial charge is 0.275 e. The third kappa shape index (κ3) is 3.08. The Morgan fingerprint density at radius 3 is 3.00 bits per heavy atom. The Labute approximate surface area is 133 Å². The number of hydrogen-bond acceptors (Lipinski definition) is 7. The van der Waals surface area contributed by atoms with Crippen molar-refractivity contribution in [3.05, 3.63) is 34.3 Å². The molecule has 0 saturated carbocycles. The van der Waals surface area contributed by atoms with Crippen LogP contribution < -0.4 is 11.1 Å². The number of thiazole rings is 2. The molecule has 5 nitrogen and oxygen atoms in total. The van der Waals surface area contributed by atoms with Crippen LogP contribution in [0.2, 0.25) is 0 Å². The van der Waals surface area contributed by atoms with E-state index in [0.29, 0.717) is 12.2 Å². The number of amides is 1. The van der Waals surface area contributed by atoms with Gasteiger partial charge in [0.25, 0.3) is 5.91 Å². The molecular weight excluding hydrogens is 324 g/mol. The van der Waals surface area contributed by atoms with Crippen molar-refractivity contribution in [1.29, 1.82) is 0 Å². The molecule has 0 atom stereocenters. The topological polar surface area (TPSA) is 80.9 Å². The molecule has 0 radical (unpaired) electrons. The molecule has 0 aliphatic carbocycles. The standard InChI is InChI=1S/C13H12N4OS3/c1-19-13-17-8-3-2-7(4-10(8)21-13)15-12(18)9-6-20-11(5-14)16-9/h2-4,6H,5,14H2,1H3,(H,15,18). The minimum Gasteiger partial charge on any atom is -0.325 e. The van der Waals surface area contributed by atoms with Gasteiger partial charge in [-0.05, 0) is 24.5 Å². The van der Waals surface area contributed by atoms with Gasteiger partial charge in [-0.1, -0.05) is 11.8 Å². The Morgan fingerprint density at radius 2 is 2.29 bits per heavy atom. The van der Waals surface area contributed by atoms with Crippen LogP contribution >= 0.6 is 34.4 Å². The van der Waals surface area contributed by atoms with Gasteiger partial charge in [0.05, 0.1) is 10.2 Å². The van der Waals surface area contributed by atoms with Crippen LogP contribution in [-0.2, 0) is 6.54 Å². The van der Waals surface area contributed by atoms with E-state index in [4.69, 9.17) is 5.73 Å². The highest BCUT2D eigenvalue weighted by Gasteiger charge is 2.11. The van der Waals surface area contributed by atoms with E-state index in [0.717, 1.165) is 25.3 Å². The zero-order valence-electron chi connectivity index (χ0n) is 11.1. The fourth-order valence-electron chi connectivity index (χ4n) is 1.77. The lowest BCUT2D eigenvalue weighted by Gasteiger charge is -2.02. The minimum absolute atomic E-state index is 0.222. The summed E-state index contributed by atoms with van der Waals surface area (Å²) >= 11 is 4.62. The van der Waals surface area contributed by atoms with E-state index in [1.807, 2.05) is 24.5 Å². The molecule has 3 N–H and O–H groups in total. The SMILES string of the molecule is CSc1nc2ccc(NC(=O)c3csc(CN)n3)cc2s1. The molecule has 0 unspecified atom stereocenters. The van der Waals surface area contributed by atoms with E-state index in [1.54, 1.807) is 28.5 Å². The van der Waals surface area contributed by atoms with Gasteiger partial charge < -0.3 is 11.1 Å². The monoisotopic (exact) mass is 336 g/mol. The second kappa shape index (κ2) is 6.10. The quantitative estimate of drug-likeness (QED) is 0.715. The summed E-state index contributed by atoms with van der Waals surface area (Å²) in [5, 5.41) is 5.32. The lowest BCUT2D eigenvalue weighted by atomic mass is 10.3. The number of anilines is 1. The van der Waals surface area contributed by atoms with Crippen molar-refractivity contribution in [3.8, 4) is 0 Å². The summed E-state index contributed by atoms with van der Waals surface area (Å²) in [6, 6.07) is 5.69. The molecule has 0 aliphatic rings. The number of thioether (sulfide) groups is 1. The van der Waals surface area contributed by atoms with Gasteiger partial charge in [-0.15, -0.1) is 22.7 Å². The molecule has 0 bridgehead atoms. The summed E-state index contributed by atoms with van der Waals surface area (Å²) in [4.78, 5) is 20.8. The number of fused-ring (bicyclic) bond motifs is 1. The second-order valence-corrected chi connectivity index (χ2v) is 7.18. The second-order valence-electron chi connectivity index (χ2n) is 4.15. The maximum Gasteiger partial charge on any atom is 0.275 e. The number of aromatic nitrogens is 2. The number of nitrogens with zero attached hydrogens (tertiary/aromatic N) is 2. The van der Waals surface area contributed by atoms with Crippen LogP contribution in [0.15, 0.2) is 27.9 Å². The van der Waals surface area contributed by atoms with Crippen LogP contribution in [0, 0.1) is 0 Å². The molecule has 0 saturated heterocycles. The molecular formula is C13H12N4OS3. The Hall–Kier alpha value is -1.48. The van der Waals surface area contributed by atoms with Crippen molar-refractivity contribution in [2.75, 3.05) is 11.6 Å². The number of carbonyl (C=O) groups is 1. The van der Waals surface area contributed by atoms with Gasteiger partial charge in [-0.25, -0.2) is 9.97 Å². The first-order valence-corrected chi connectivity index (χ1v) is 9.02. The van der Waals surface area contributed by atoms with Crippen LogP contribution in [0.25, 0.3) is 10.2 Å². The Kier molecular flexibility index (Phi) is 4.20. The van der Waals surface area contributed by atoms with Crippen LogP contribution in [0.5, 0.6) is 0 Å². The van der Waals surface area contributed by atoms with E-state index in [2.05, 4.69) is 15.3 Å². The molecule has 0 aliphatic heterocycles. The summed E-state index contributed by atoms with van der Waals surface area (Å²) in [6.07, 6.45) is 2.00. The maximum atomic E-state index is 12.1. The van der Waals surface area contributed by atoms with Crippen LogP contribution in [0.4, 0.5) is 5.69 Å². The molecule has 1 amide bonds. The fraction of sp³-hybridized carbons (Fsp3) is 0.154. The first-order chi connectivity index (χ1) is 10.2. The average molecular weight is 336 g/mol. The molecule has 3 rings (SSSR count). The van der Waals surface area contributed by atoms with Crippen LogP contribution in [0.1, 0.15) is 15.5 Å². The number of nitrogens with two attached hydrogens (primary N) is 1. The van der Waals surface area contributed by atoms with Gasteiger partial charge in [-0.2, -0.15) is 0 Å². The van der Waals surface area contributed by atoms with Crippen molar-refractivity contribution in [2.24, 2.45) is 5.73 Å². The van der Waals surface area contributed by atoms with Crippen molar-refractivity contribution in [1.82, 2.24) is 9.97 Å². The summed E-state index contributed by atoms with van der Waals surface area (Å²) in [5.41, 5.74) is 7.59. The zero-order chi connectivity index (χ0) is 14.8.